The van der Waals surface area contributed by atoms with E-state index in [4.69, 9.17) is 10.5 Å². The van der Waals surface area contributed by atoms with E-state index in [-0.39, 0.29) is 17.9 Å². The summed E-state index contributed by atoms with van der Waals surface area (Å²) in [5, 5.41) is 0. The summed E-state index contributed by atoms with van der Waals surface area (Å²) in [5.41, 5.74) is 5.17. The third-order valence-corrected chi connectivity index (χ3v) is 2.21. The van der Waals surface area contributed by atoms with Crippen LogP contribution in [0.25, 0.3) is 0 Å². The molecular weight excluding hydrogens is 207 g/mol. The number of halogens is 3. The zero-order valence-electron chi connectivity index (χ0n) is 8.48. The lowest BCUT2D eigenvalue weighted by atomic mass is 9.99. The summed E-state index contributed by atoms with van der Waals surface area (Å²) >= 11 is 0. The third kappa shape index (κ3) is 2.07. The van der Waals surface area contributed by atoms with E-state index < -0.39 is 23.4 Å². The SMILES string of the molecule is COc1c(F)cc(F)c(F)c1C(C)CN. The molecule has 0 fully saturated rings. The zero-order chi connectivity index (χ0) is 11.6. The summed E-state index contributed by atoms with van der Waals surface area (Å²) in [4.78, 5) is 0. The Morgan fingerprint density at radius 2 is 1.93 bits per heavy atom. The average Bonchev–Trinajstić information content (AvgIpc) is 2.21. The van der Waals surface area contributed by atoms with Crippen LogP contribution in [-0.2, 0) is 0 Å². The van der Waals surface area contributed by atoms with E-state index in [1.165, 1.54) is 7.11 Å². The molecule has 0 heterocycles. The van der Waals surface area contributed by atoms with Crippen molar-refractivity contribution in [3.63, 3.8) is 0 Å². The average molecular weight is 219 g/mol. The minimum atomic E-state index is -1.23. The van der Waals surface area contributed by atoms with Crippen LogP contribution in [0.5, 0.6) is 5.75 Å². The maximum absolute atomic E-state index is 13.4. The third-order valence-electron chi connectivity index (χ3n) is 2.21. The van der Waals surface area contributed by atoms with Crippen LogP contribution in [0.4, 0.5) is 13.2 Å². The first kappa shape index (κ1) is 11.8. The molecule has 15 heavy (non-hydrogen) atoms. The van der Waals surface area contributed by atoms with Gasteiger partial charge in [-0.25, -0.2) is 13.2 Å². The highest BCUT2D eigenvalue weighted by molar-refractivity contribution is 5.39. The molecule has 5 heteroatoms. The highest BCUT2D eigenvalue weighted by Crippen LogP contribution is 2.32. The fraction of sp³-hybridized carbons (Fsp3) is 0.400. The second-order valence-electron chi connectivity index (χ2n) is 3.24. The lowest BCUT2D eigenvalue weighted by Crippen LogP contribution is -2.13. The topological polar surface area (TPSA) is 35.2 Å². The van der Waals surface area contributed by atoms with E-state index in [0.29, 0.717) is 6.07 Å². The van der Waals surface area contributed by atoms with Crippen LogP contribution in [0.2, 0.25) is 0 Å². The fourth-order valence-electron chi connectivity index (χ4n) is 1.36. The predicted octanol–water partition coefficient (Wildman–Crippen LogP) is 2.17. The van der Waals surface area contributed by atoms with Crippen molar-refractivity contribution in [2.24, 2.45) is 5.73 Å². The Bertz CT molecular complexity index is 368. The second kappa shape index (κ2) is 4.53. The highest BCUT2D eigenvalue weighted by Gasteiger charge is 2.23. The predicted molar refractivity (Wildman–Crippen MR) is 50.3 cm³/mol. The monoisotopic (exact) mass is 219 g/mol. The maximum Gasteiger partial charge on any atom is 0.168 e. The van der Waals surface area contributed by atoms with Crippen molar-refractivity contribution < 1.29 is 17.9 Å². The van der Waals surface area contributed by atoms with Crippen LogP contribution in [0.3, 0.4) is 0 Å². The van der Waals surface area contributed by atoms with E-state index in [1.807, 2.05) is 0 Å². The van der Waals surface area contributed by atoms with Gasteiger partial charge in [-0.05, 0) is 6.54 Å². The van der Waals surface area contributed by atoms with Crippen LogP contribution in [0.15, 0.2) is 6.07 Å². The Morgan fingerprint density at radius 1 is 1.33 bits per heavy atom. The molecule has 1 aromatic carbocycles. The molecule has 0 radical (unpaired) electrons. The summed E-state index contributed by atoms with van der Waals surface area (Å²) in [5.74, 6) is -4.06. The molecule has 0 spiro atoms. The molecule has 0 saturated heterocycles. The molecule has 1 unspecified atom stereocenters. The summed E-state index contributed by atoms with van der Waals surface area (Å²) < 4.78 is 44.2. The first-order chi connectivity index (χ1) is 7.02. The standard InChI is InChI=1S/C10H12F3NO/c1-5(4-14)8-9(13)6(11)3-7(12)10(8)15-2/h3,5H,4,14H2,1-2H3. The van der Waals surface area contributed by atoms with Crippen molar-refractivity contribution in [3.05, 3.63) is 29.1 Å². The van der Waals surface area contributed by atoms with Crippen molar-refractivity contribution in [1.29, 1.82) is 0 Å². The van der Waals surface area contributed by atoms with E-state index in [9.17, 15) is 13.2 Å². The number of methoxy groups -OCH3 is 1. The van der Waals surface area contributed by atoms with E-state index in [2.05, 4.69) is 0 Å². The van der Waals surface area contributed by atoms with Gasteiger partial charge in [-0.2, -0.15) is 0 Å². The number of ether oxygens (including phenoxy) is 1. The first-order valence-electron chi connectivity index (χ1n) is 4.44. The molecule has 0 aliphatic heterocycles. The van der Waals surface area contributed by atoms with Crippen molar-refractivity contribution in [2.45, 2.75) is 12.8 Å². The summed E-state index contributed by atoms with van der Waals surface area (Å²) in [6, 6.07) is 0.459. The van der Waals surface area contributed by atoms with Crippen LogP contribution < -0.4 is 10.5 Å². The Balaban J connectivity index is 3.43. The van der Waals surface area contributed by atoms with Gasteiger partial charge in [0.15, 0.2) is 23.2 Å². The van der Waals surface area contributed by atoms with Crippen LogP contribution in [0.1, 0.15) is 18.4 Å². The molecule has 0 amide bonds. The van der Waals surface area contributed by atoms with Gasteiger partial charge in [0, 0.05) is 17.5 Å². The van der Waals surface area contributed by atoms with Crippen molar-refractivity contribution in [3.8, 4) is 5.75 Å². The van der Waals surface area contributed by atoms with Gasteiger partial charge in [0.1, 0.15) is 0 Å². The van der Waals surface area contributed by atoms with Crippen molar-refractivity contribution >= 4 is 0 Å². The van der Waals surface area contributed by atoms with Crippen LogP contribution >= 0.6 is 0 Å². The zero-order valence-corrected chi connectivity index (χ0v) is 8.48. The molecule has 0 bridgehead atoms. The molecular formula is C10H12F3NO. The van der Waals surface area contributed by atoms with Gasteiger partial charge in [0.2, 0.25) is 0 Å². The van der Waals surface area contributed by atoms with Gasteiger partial charge in [0.05, 0.1) is 7.11 Å². The Labute approximate surface area is 85.8 Å². The quantitative estimate of drug-likeness (QED) is 0.791. The largest absolute Gasteiger partial charge is 0.493 e. The van der Waals surface area contributed by atoms with Gasteiger partial charge in [-0.1, -0.05) is 6.92 Å². The minimum absolute atomic E-state index is 0.0795. The van der Waals surface area contributed by atoms with Gasteiger partial charge < -0.3 is 10.5 Å². The Kier molecular flexibility index (Phi) is 3.57. The molecule has 1 aromatic rings. The van der Waals surface area contributed by atoms with E-state index >= 15 is 0 Å². The van der Waals surface area contributed by atoms with Crippen LogP contribution in [0, 0.1) is 17.5 Å². The Hall–Kier alpha value is -1.23. The summed E-state index contributed by atoms with van der Waals surface area (Å²) in [7, 11) is 1.20. The molecule has 2 nitrogen and oxygen atoms in total. The summed E-state index contributed by atoms with van der Waals surface area (Å²) in [6.45, 7) is 1.65. The van der Waals surface area contributed by atoms with Gasteiger partial charge in [-0.3, -0.25) is 0 Å². The molecule has 84 valence electrons. The lowest BCUT2D eigenvalue weighted by Gasteiger charge is -2.15. The first-order valence-corrected chi connectivity index (χ1v) is 4.44. The molecule has 0 aromatic heterocycles. The molecule has 0 aliphatic rings. The van der Waals surface area contributed by atoms with Crippen LogP contribution in [-0.4, -0.2) is 13.7 Å². The van der Waals surface area contributed by atoms with Gasteiger partial charge >= 0.3 is 0 Å². The van der Waals surface area contributed by atoms with E-state index in [1.54, 1.807) is 6.92 Å². The second-order valence-corrected chi connectivity index (χ2v) is 3.24. The molecule has 2 N–H and O–H groups in total. The molecule has 1 atom stereocenters. The number of benzene rings is 1. The highest BCUT2D eigenvalue weighted by atomic mass is 19.2. The van der Waals surface area contributed by atoms with Crippen molar-refractivity contribution in [2.75, 3.05) is 13.7 Å². The fourth-order valence-corrected chi connectivity index (χ4v) is 1.36. The normalized spacial score (nSPS) is 12.7. The van der Waals surface area contributed by atoms with Gasteiger partial charge in [-0.15, -0.1) is 0 Å². The van der Waals surface area contributed by atoms with E-state index in [0.717, 1.165) is 0 Å². The number of nitrogens with two attached hydrogens (primary N) is 1. The van der Waals surface area contributed by atoms with Gasteiger partial charge in [0.25, 0.3) is 0 Å². The molecule has 1 rings (SSSR count). The molecule has 0 saturated carbocycles. The van der Waals surface area contributed by atoms with Crippen molar-refractivity contribution in [1.82, 2.24) is 0 Å². The number of hydrogen-bond donors (Lipinski definition) is 1. The summed E-state index contributed by atoms with van der Waals surface area (Å²) in [6.07, 6.45) is 0. The molecule has 0 aliphatic carbocycles. The lowest BCUT2D eigenvalue weighted by molar-refractivity contribution is 0.364. The smallest absolute Gasteiger partial charge is 0.168 e. The maximum atomic E-state index is 13.4. The number of hydrogen-bond acceptors (Lipinski definition) is 2. The Morgan fingerprint density at radius 3 is 2.40 bits per heavy atom. The number of rotatable bonds is 3. The minimum Gasteiger partial charge on any atom is -0.493 e.